The second-order valence-corrected chi connectivity index (χ2v) is 15.3. The highest BCUT2D eigenvalue weighted by atomic mass is 15.2. The van der Waals surface area contributed by atoms with Gasteiger partial charge in [0.15, 0.2) is 0 Å². The Kier molecular flexibility index (Phi) is 6.45. The monoisotopic (exact) mass is 646 g/mol. The average Bonchev–Trinajstić information content (AvgIpc) is 3.70. The zero-order chi connectivity index (χ0) is 32.8. The first-order valence-corrected chi connectivity index (χ1v) is 18.9. The third-order valence-electron chi connectivity index (χ3n) is 12.8. The fraction of sp³-hybridized carbons (Fsp3) is 0.250. The van der Waals surface area contributed by atoms with Gasteiger partial charge in [-0.15, -0.1) is 0 Å². The zero-order valence-corrected chi connectivity index (χ0v) is 28.5. The minimum atomic E-state index is 0.309. The predicted molar refractivity (Wildman–Crippen MR) is 208 cm³/mol. The summed E-state index contributed by atoms with van der Waals surface area (Å²) in [5.41, 5.74) is 17.4. The standard InChI is InChI=1S/C48H42N2/c1-2-12-33(13-3-1)49-45-20-10-8-18-40(45)42-25-22-32(29-48(42)49)31-23-27-47-44(28-31)41-19-9-11-21-46(41)50(47)34-24-26-39-37-16-5-4-14-35(37)36-15-6-7-17-38(36)43(39)30-34/h1-2,4-7,9-12,14-17,19-22,24-26,28-30,36,38,40-41,45-46H,3,8,13,18,23,27H2. The van der Waals surface area contributed by atoms with E-state index in [2.05, 4.69) is 156 Å². The van der Waals surface area contributed by atoms with Crippen LogP contribution in [0.2, 0.25) is 0 Å². The van der Waals surface area contributed by atoms with Crippen LogP contribution in [0.25, 0.3) is 16.7 Å². The summed E-state index contributed by atoms with van der Waals surface area (Å²) in [6.07, 6.45) is 39.9. The number of fused-ring (bicyclic) bond motifs is 11. The molecule has 2 heteroatoms. The fourth-order valence-corrected chi connectivity index (χ4v) is 10.6. The van der Waals surface area contributed by atoms with Gasteiger partial charge in [-0.05, 0) is 107 Å². The molecular weight excluding hydrogens is 605 g/mol. The van der Waals surface area contributed by atoms with E-state index in [1.807, 2.05) is 0 Å². The molecule has 0 saturated carbocycles. The summed E-state index contributed by atoms with van der Waals surface area (Å²) in [6.45, 7) is 0. The number of nitrogens with zero attached hydrogens (tertiary/aromatic N) is 2. The van der Waals surface area contributed by atoms with Crippen molar-refractivity contribution in [3.8, 4) is 11.1 Å². The Bertz CT molecular complexity index is 2230. The smallest absolute Gasteiger partial charge is 0.0626 e. The van der Waals surface area contributed by atoms with Gasteiger partial charge < -0.3 is 9.80 Å². The Morgan fingerprint density at radius 1 is 0.580 bits per heavy atom. The molecule has 2 heterocycles. The number of benzene rings is 3. The van der Waals surface area contributed by atoms with Gasteiger partial charge in [0.25, 0.3) is 0 Å². The molecule has 3 aromatic carbocycles. The summed E-state index contributed by atoms with van der Waals surface area (Å²) in [5, 5.41) is 0. The third kappa shape index (κ3) is 4.21. The molecule has 2 aliphatic heterocycles. The third-order valence-corrected chi connectivity index (χ3v) is 12.8. The first-order valence-electron chi connectivity index (χ1n) is 18.9. The molecule has 3 aromatic rings. The highest BCUT2D eigenvalue weighted by Crippen LogP contribution is 2.54. The SMILES string of the molecule is C1=CCCC(N2c3cc(C4=CC5=C(CC4)N(c4ccc6c(c4)C4C=CC=CC4c4ccccc4-6)C4C=CC=CC54)ccc3C3CCC=CC32)=C1. The summed E-state index contributed by atoms with van der Waals surface area (Å²) < 4.78 is 0. The molecule has 0 saturated heterocycles. The van der Waals surface area contributed by atoms with Crippen LogP contribution in [0.1, 0.15) is 78.5 Å². The molecule has 0 spiro atoms. The van der Waals surface area contributed by atoms with E-state index in [0.717, 1.165) is 25.7 Å². The lowest BCUT2D eigenvalue weighted by Gasteiger charge is -2.36. The van der Waals surface area contributed by atoms with Crippen molar-refractivity contribution in [3.05, 3.63) is 185 Å². The highest BCUT2D eigenvalue weighted by Gasteiger charge is 2.42. The van der Waals surface area contributed by atoms with E-state index in [0.29, 0.717) is 35.8 Å². The van der Waals surface area contributed by atoms with Crippen molar-refractivity contribution in [2.24, 2.45) is 5.92 Å². The van der Waals surface area contributed by atoms with E-state index < -0.39 is 0 Å². The fourth-order valence-electron chi connectivity index (χ4n) is 10.6. The Balaban J connectivity index is 0.993. The molecule has 11 rings (SSSR count). The number of hydrogen-bond acceptors (Lipinski definition) is 2. The molecule has 8 aliphatic rings. The van der Waals surface area contributed by atoms with Crippen molar-refractivity contribution < 1.29 is 0 Å². The minimum Gasteiger partial charge on any atom is -0.337 e. The maximum atomic E-state index is 2.69. The molecule has 0 fully saturated rings. The first kappa shape index (κ1) is 28.7. The maximum Gasteiger partial charge on any atom is 0.0626 e. The summed E-state index contributed by atoms with van der Waals surface area (Å²) in [4.78, 5) is 5.38. The van der Waals surface area contributed by atoms with Crippen LogP contribution in [0.5, 0.6) is 0 Å². The Labute approximate surface area is 296 Å². The van der Waals surface area contributed by atoms with Gasteiger partial charge >= 0.3 is 0 Å². The lowest BCUT2D eigenvalue weighted by molar-refractivity contribution is 0.560. The van der Waals surface area contributed by atoms with Crippen LogP contribution in [0.3, 0.4) is 0 Å². The van der Waals surface area contributed by atoms with Gasteiger partial charge in [0.2, 0.25) is 0 Å². The molecule has 0 radical (unpaired) electrons. The van der Waals surface area contributed by atoms with Gasteiger partial charge in [-0.2, -0.15) is 0 Å². The van der Waals surface area contributed by atoms with Crippen molar-refractivity contribution >= 4 is 16.9 Å². The first-order chi connectivity index (χ1) is 24.8. The average molecular weight is 647 g/mol. The normalized spacial score (nSPS) is 29.1. The highest BCUT2D eigenvalue weighted by molar-refractivity contribution is 5.82. The van der Waals surface area contributed by atoms with E-state index in [-0.39, 0.29) is 0 Å². The second-order valence-electron chi connectivity index (χ2n) is 15.3. The number of allylic oxidation sites excluding steroid dienone is 14. The van der Waals surface area contributed by atoms with Crippen molar-refractivity contribution in [3.63, 3.8) is 0 Å². The molecule has 6 aliphatic carbocycles. The Hall–Kier alpha value is -5.08. The van der Waals surface area contributed by atoms with Gasteiger partial charge in [-0.25, -0.2) is 0 Å². The summed E-state index contributed by atoms with van der Waals surface area (Å²) in [7, 11) is 0. The van der Waals surface area contributed by atoms with E-state index in [9.17, 15) is 0 Å². The van der Waals surface area contributed by atoms with Crippen LogP contribution in [-0.4, -0.2) is 12.1 Å². The lowest BCUT2D eigenvalue weighted by Crippen LogP contribution is -2.33. The van der Waals surface area contributed by atoms with Crippen LogP contribution >= 0.6 is 0 Å². The van der Waals surface area contributed by atoms with E-state index >= 15 is 0 Å². The summed E-state index contributed by atoms with van der Waals surface area (Å²) >= 11 is 0. The van der Waals surface area contributed by atoms with Gasteiger partial charge in [0.1, 0.15) is 0 Å². The van der Waals surface area contributed by atoms with Crippen LogP contribution in [0.4, 0.5) is 11.4 Å². The van der Waals surface area contributed by atoms with Crippen molar-refractivity contribution in [1.82, 2.24) is 0 Å². The van der Waals surface area contributed by atoms with Gasteiger partial charge in [0, 0.05) is 46.4 Å². The summed E-state index contributed by atoms with van der Waals surface area (Å²) in [6, 6.07) is 24.6. The van der Waals surface area contributed by atoms with Crippen LogP contribution in [0.15, 0.2) is 163 Å². The van der Waals surface area contributed by atoms with Crippen LogP contribution in [-0.2, 0) is 0 Å². The van der Waals surface area contributed by atoms with Gasteiger partial charge in [-0.1, -0.05) is 121 Å². The molecule has 0 bridgehead atoms. The number of anilines is 2. The predicted octanol–water partition coefficient (Wildman–Crippen LogP) is 11.6. The summed E-state index contributed by atoms with van der Waals surface area (Å²) in [5.74, 6) is 1.72. The van der Waals surface area contributed by atoms with Crippen LogP contribution < -0.4 is 9.80 Å². The lowest BCUT2D eigenvalue weighted by atomic mass is 9.70. The van der Waals surface area contributed by atoms with E-state index in [1.165, 1.54) is 74.6 Å². The molecule has 244 valence electrons. The molecule has 0 N–H and O–H groups in total. The molecule has 2 nitrogen and oxygen atoms in total. The molecule has 50 heavy (non-hydrogen) atoms. The Morgan fingerprint density at radius 2 is 1.42 bits per heavy atom. The molecule has 6 atom stereocenters. The van der Waals surface area contributed by atoms with E-state index in [1.54, 1.807) is 5.56 Å². The molecular formula is C48H42N2. The van der Waals surface area contributed by atoms with Gasteiger partial charge in [-0.3, -0.25) is 0 Å². The van der Waals surface area contributed by atoms with Gasteiger partial charge in [0.05, 0.1) is 12.1 Å². The maximum absolute atomic E-state index is 2.69. The zero-order valence-electron chi connectivity index (χ0n) is 28.5. The number of rotatable bonds is 3. The number of hydrogen-bond donors (Lipinski definition) is 0. The Morgan fingerprint density at radius 3 is 2.32 bits per heavy atom. The molecule has 6 unspecified atom stereocenters. The quantitative estimate of drug-likeness (QED) is 0.261. The molecule has 0 aromatic heterocycles. The molecule has 0 amide bonds. The second kappa shape index (κ2) is 11.2. The van der Waals surface area contributed by atoms with Crippen molar-refractivity contribution in [1.29, 1.82) is 0 Å². The largest absolute Gasteiger partial charge is 0.337 e. The minimum absolute atomic E-state index is 0.309. The van der Waals surface area contributed by atoms with Crippen molar-refractivity contribution in [2.45, 2.75) is 68.4 Å². The van der Waals surface area contributed by atoms with Crippen LogP contribution in [0, 0.1) is 5.92 Å². The topological polar surface area (TPSA) is 6.48 Å². The van der Waals surface area contributed by atoms with E-state index in [4.69, 9.17) is 0 Å². The van der Waals surface area contributed by atoms with Crippen molar-refractivity contribution in [2.75, 3.05) is 9.80 Å².